The molecule has 2 aromatic carbocycles. The summed E-state index contributed by atoms with van der Waals surface area (Å²) in [5.74, 6) is 0. The molecule has 1 aliphatic heterocycles. The number of hydrogen-bond acceptors (Lipinski definition) is 3. The first-order valence-electron chi connectivity index (χ1n) is 7.93. The van der Waals surface area contributed by atoms with Crippen LogP contribution in [0.4, 0.5) is 0 Å². The zero-order chi connectivity index (χ0) is 17.1. The van der Waals surface area contributed by atoms with Crippen LogP contribution in [0.3, 0.4) is 0 Å². The van der Waals surface area contributed by atoms with Crippen LogP contribution in [0.15, 0.2) is 75.0 Å². The van der Waals surface area contributed by atoms with E-state index in [2.05, 4.69) is 4.98 Å². The third kappa shape index (κ3) is 1.68. The molecule has 4 heteroatoms. The van der Waals surface area contributed by atoms with E-state index in [1.54, 1.807) is 0 Å². The fourth-order valence-corrected chi connectivity index (χ4v) is 3.80. The van der Waals surface area contributed by atoms with E-state index in [1.807, 2.05) is 60.7 Å². The van der Waals surface area contributed by atoms with E-state index in [0.717, 1.165) is 22.3 Å². The standard InChI is InChI=1S/C21H11NO3/c23-19-15-13(11-7-3-1-4-8-11)14(12-9-5-2-6-10-12)16(19)18-17(15)20(24)22-21(18)25/h1-10H,(H,22,24,25). The Morgan fingerprint density at radius 2 is 0.920 bits per heavy atom. The lowest BCUT2D eigenvalue weighted by atomic mass is 9.91. The van der Waals surface area contributed by atoms with Crippen molar-refractivity contribution in [2.45, 2.75) is 0 Å². The van der Waals surface area contributed by atoms with Crippen LogP contribution < -0.4 is 27.0 Å². The first kappa shape index (κ1) is 13.9. The second-order valence-electron chi connectivity index (χ2n) is 6.09. The highest BCUT2D eigenvalue weighted by Crippen LogP contribution is 2.28. The highest BCUT2D eigenvalue weighted by atomic mass is 16.2. The maximum atomic E-state index is 13.0. The Labute approximate surface area is 140 Å². The molecule has 0 unspecified atom stereocenters. The number of aromatic amines is 1. The molecule has 1 N–H and O–H groups in total. The van der Waals surface area contributed by atoms with Gasteiger partial charge in [0, 0.05) is 21.6 Å². The number of aromatic nitrogens is 1. The number of rotatable bonds is 2. The number of H-pyrrole nitrogens is 1. The smallest absolute Gasteiger partial charge is 0.259 e. The number of fused-ring (bicyclic) bond motifs is 4. The summed E-state index contributed by atoms with van der Waals surface area (Å²) in [6.45, 7) is 0. The molecule has 0 saturated carbocycles. The second-order valence-corrected chi connectivity index (χ2v) is 6.09. The monoisotopic (exact) mass is 325 g/mol. The predicted molar refractivity (Wildman–Crippen MR) is 94.4 cm³/mol. The Balaban J connectivity index is 2.12. The Bertz CT molecular complexity index is 1360. The van der Waals surface area contributed by atoms with Gasteiger partial charge in [0.25, 0.3) is 11.1 Å². The highest BCUT2D eigenvalue weighted by Gasteiger charge is 2.27. The summed E-state index contributed by atoms with van der Waals surface area (Å²) < 4.78 is 0. The quantitative estimate of drug-likeness (QED) is 0.569. The van der Waals surface area contributed by atoms with Gasteiger partial charge in [-0.1, -0.05) is 60.7 Å². The van der Waals surface area contributed by atoms with Crippen molar-refractivity contribution in [1.29, 1.82) is 0 Å². The average Bonchev–Trinajstić information content (AvgIpc) is 3.22. The molecular formula is C21H11NO3. The van der Waals surface area contributed by atoms with Gasteiger partial charge in [0.05, 0.1) is 10.4 Å². The van der Waals surface area contributed by atoms with Gasteiger partial charge in [0.1, 0.15) is 0 Å². The van der Waals surface area contributed by atoms with Crippen LogP contribution >= 0.6 is 0 Å². The summed E-state index contributed by atoms with van der Waals surface area (Å²) in [6.07, 6.45) is 0. The normalized spacial score (nSPS) is 13.1. The van der Waals surface area contributed by atoms with E-state index in [0.29, 0.717) is 10.4 Å². The molecule has 118 valence electrons. The molecule has 0 atom stereocenters. The number of nitrogens with one attached hydrogen (secondary N) is 1. The van der Waals surface area contributed by atoms with Crippen molar-refractivity contribution in [2.75, 3.05) is 0 Å². The van der Waals surface area contributed by atoms with Crippen LogP contribution in [0.5, 0.6) is 0 Å². The maximum absolute atomic E-state index is 13.0. The Kier molecular flexibility index (Phi) is 2.63. The SMILES string of the molecule is O=c1[nH]c(=O)c2c3c(=O)c(c1=2)=C(c1ccccc1)C=3c1ccccc1. The van der Waals surface area contributed by atoms with Crippen molar-refractivity contribution < 1.29 is 0 Å². The third-order valence-corrected chi connectivity index (χ3v) is 4.76. The van der Waals surface area contributed by atoms with Gasteiger partial charge >= 0.3 is 0 Å². The Morgan fingerprint density at radius 3 is 1.32 bits per heavy atom. The van der Waals surface area contributed by atoms with Gasteiger partial charge in [-0.3, -0.25) is 19.4 Å². The topological polar surface area (TPSA) is 67.0 Å². The van der Waals surface area contributed by atoms with E-state index in [4.69, 9.17) is 0 Å². The van der Waals surface area contributed by atoms with E-state index in [1.165, 1.54) is 0 Å². The number of benzene rings is 2. The summed E-state index contributed by atoms with van der Waals surface area (Å²) in [5, 5.41) is 1.14. The second kappa shape index (κ2) is 4.74. The molecule has 1 heterocycles. The van der Waals surface area contributed by atoms with Crippen molar-refractivity contribution in [2.24, 2.45) is 0 Å². The van der Waals surface area contributed by atoms with Crippen molar-refractivity contribution in [1.82, 2.24) is 4.98 Å². The summed E-state index contributed by atoms with van der Waals surface area (Å²) in [6, 6.07) is 19.0. The van der Waals surface area contributed by atoms with E-state index >= 15 is 0 Å². The molecule has 3 aliphatic rings. The average molecular weight is 325 g/mol. The van der Waals surface area contributed by atoms with Crippen LogP contribution in [0.2, 0.25) is 0 Å². The van der Waals surface area contributed by atoms with Gasteiger partial charge in [0.2, 0.25) is 0 Å². The highest BCUT2D eigenvalue weighted by molar-refractivity contribution is 6.06. The minimum atomic E-state index is -0.487. The summed E-state index contributed by atoms with van der Waals surface area (Å²) in [4.78, 5) is 39.7. The van der Waals surface area contributed by atoms with Gasteiger partial charge < -0.3 is 0 Å². The first-order valence-corrected chi connectivity index (χ1v) is 7.93. The lowest BCUT2D eigenvalue weighted by molar-refractivity contribution is 1.21. The fourth-order valence-electron chi connectivity index (χ4n) is 3.80. The largest absolute Gasteiger partial charge is 0.289 e. The molecular weight excluding hydrogens is 314 g/mol. The van der Waals surface area contributed by atoms with Crippen LogP contribution in [0, 0.1) is 10.4 Å². The lowest BCUT2D eigenvalue weighted by Gasteiger charge is -2.11. The fraction of sp³-hybridized carbons (Fsp3) is 0. The van der Waals surface area contributed by atoms with E-state index in [9.17, 15) is 14.4 Å². The van der Waals surface area contributed by atoms with Crippen LogP contribution in [0.1, 0.15) is 11.1 Å². The van der Waals surface area contributed by atoms with Gasteiger partial charge in [-0.05, 0) is 11.1 Å². The molecule has 2 aromatic rings. The van der Waals surface area contributed by atoms with Crippen molar-refractivity contribution in [3.05, 3.63) is 124 Å². The Hall–Kier alpha value is -3.53. The molecule has 0 radical (unpaired) electrons. The van der Waals surface area contributed by atoms with Crippen LogP contribution in [-0.4, -0.2) is 4.98 Å². The molecule has 0 amide bonds. The Morgan fingerprint density at radius 1 is 0.520 bits per heavy atom. The molecule has 5 rings (SSSR count). The van der Waals surface area contributed by atoms with E-state index in [-0.39, 0.29) is 15.9 Å². The zero-order valence-electron chi connectivity index (χ0n) is 13.0. The van der Waals surface area contributed by atoms with Crippen molar-refractivity contribution in [3.63, 3.8) is 0 Å². The minimum Gasteiger partial charge on any atom is -0.289 e. The molecule has 0 fully saturated rings. The summed E-state index contributed by atoms with van der Waals surface area (Å²) in [5.41, 5.74) is 1.98. The molecule has 0 aromatic heterocycles. The van der Waals surface area contributed by atoms with Gasteiger partial charge in [-0.2, -0.15) is 0 Å². The minimum absolute atomic E-state index is 0.225. The van der Waals surface area contributed by atoms with Gasteiger partial charge in [-0.15, -0.1) is 0 Å². The lowest BCUT2D eigenvalue weighted by Crippen LogP contribution is -2.32. The van der Waals surface area contributed by atoms with Crippen LogP contribution in [0.25, 0.3) is 11.1 Å². The van der Waals surface area contributed by atoms with E-state index < -0.39 is 11.1 Å². The van der Waals surface area contributed by atoms with Gasteiger partial charge in [-0.25, -0.2) is 0 Å². The molecule has 0 spiro atoms. The maximum Gasteiger partial charge on any atom is 0.259 e. The molecule has 2 bridgehead atoms. The van der Waals surface area contributed by atoms with Crippen LogP contribution in [-0.2, 0) is 0 Å². The molecule has 0 saturated heterocycles. The van der Waals surface area contributed by atoms with Gasteiger partial charge in [0.15, 0.2) is 5.43 Å². The van der Waals surface area contributed by atoms with Crippen molar-refractivity contribution >= 4 is 11.1 Å². The third-order valence-electron chi connectivity index (χ3n) is 4.76. The summed E-state index contributed by atoms with van der Waals surface area (Å²) in [7, 11) is 0. The molecule has 25 heavy (non-hydrogen) atoms. The zero-order valence-corrected chi connectivity index (χ0v) is 13.0. The molecule has 2 aliphatic carbocycles. The first-order chi connectivity index (χ1) is 12.2. The van der Waals surface area contributed by atoms with Crippen molar-refractivity contribution in [3.8, 4) is 0 Å². The number of hydrogen-bond donors (Lipinski definition) is 1. The summed E-state index contributed by atoms with van der Waals surface area (Å²) >= 11 is 0. The molecule has 4 nitrogen and oxygen atoms in total. The predicted octanol–water partition coefficient (Wildman–Crippen LogP) is 0.107.